The first-order chi connectivity index (χ1) is 14.3. The normalized spacial score (nSPS) is 14.3. The second-order valence-electron chi connectivity index (χ2n) is 6.86. The van der Waals surface area contributed by atoms with Crippen molar-refractivity contribution in [1.29, 1.82) is 0 Å². The Bertz CT molecular complexity index is 932. The number of morpholine rings is 1. The van der Waals surface area contributed by atoms with E-state index in [9.17, 15) is 0 Å². The second kappa shape index (κ2) is 9.72. The fourth-order valence-electron chi connectivity index (χ4n) is 3.12. The van der Waals surface area contributed by atoms with Gasteiger partial charge in [0.2, 0.25) is 0 Å². The highest BCUT2D eigenvalue weighted by Crippen LogP contribution is 2.21. The molecule has 29 heavy (non-hydrogen) atoms. The van der Waals surface area contributed by atoms with Crippen molar-refractivity contribution in [1.82, 2.24) is 0 Å². The molecule has 1 aliphatic heterocycles. The Kier molecular flexibility index (Phi) is 6.60. The zero-order chi connectivity index (χ0) is 19.9. The molecule has 4 nitrogen and oxygen atoms in total. The van der Waals surface area contributed by atoms with Gasteiger partial charge in [0.15, 0.2) is 0 Å². The fourth-order valence-corrected chi connectivity index (χ4v) is 3.38. The third kappa shape index (κ3) is 5.68. The quantitative estimate of drug-likeness (QED) is 0.457. The van der Waals surface area contributed by atoms with Crippen LogP contribution in [0.5, 0.6) is 5.75 Å². The van der Waals surface area contributed by atoms with E-state index in [4.69, 9.17) is 9.47 Å². The molecule has 0 aliphatic carbocycles. The number of halogens is 1. The summed E-state index contributed by atoms with van der Waals surface area (Å²) >= 11 is 3.44. The van der Waals surface area contributed by atoms with Crippen LogP contribution in [-0.2, 0) is 11.3 Å². The van der Waals surface area contributed by atoms with Gasteiger partial charge in [-0.25, -0.2) is 0 Å². The lowest BCUT2D eigenvalue weighted by Crippen LogP contribution is -2.36. The minimum Gasteiger partial charge on any atom is -0.489 e. The van der Waals surface area contributed by atoms with Gasteiger partial charge in [0, 0.05) is 29.5 Å². The summed E-state index contributed by atoms with van der Waals surface area (Å²) < 4.78 is 12.3. The van der Waals surface area contributed by atoms with Gasteiger partial charge in [0.1, 0.15) is 12.4 Å². The van der Waals surface area contributed by atoms with E-state index in [0.29, 0.717) is 6.61 Å². The minimum absolute atomic E-state index is 0.552. The third-order valence-corrected chi connectivity index (χ3v) is 5.32. The molecule has 0 radical (unpaired) electrons. The Morgan fingerprint density at radius 2 is 1.59 bits per heavy atom. The Labute approximate surface area is 179 Å². The predicted octanol–water partition coefficient (Wildman–Crippen LogP) is 5.62. The molecule has 0 unspecified atom stereocenters. The van der Waals surface area contributed by atoms with Crippen molar-refractivity contribution in [3.63, 3.8) is 0 Å². The molecule has 5 heteroatoms. The topological polar surface area (TPSA) is 34.1 Å². The molecule has 1 heterocycles. The Balaban J connectivity index is 1.32. The van der Waals surface area contributed by atoms with Crippen molar-refractivity contribution in [2.45, 2.75) is 6.61 Å². The first-order valence-electron chi connectivity index (χ1n) is 9.70. The molecule has 0 atom stereocenters. The molecule has 148 valence electrons. The Hall–Kier alpha value is -2.63. The van der Waals surface area contributed by atoms with Crippen molar-refractivity contribution in [2.24, 2.45) is 4.99 Å². The van der Waals surface area contributed by atoms with Crippen LogP contribution in [0, 0.1) is 0 Å². The maximum atomic E-state index is 5.85. The standard InChI is InChI=1S/C24H23BrN2O2/c25-21-5-1-20(2-6-21)18-29-24-11-3-19(4-12-24)17-26-22-7-9-23(10-8-22)27-13-15-28-16-14-27/h1-12,17H,13-16,18H2. The molecular formula is C24H23BrN2O2. The summed E-state index contributed by atoms with van der Waals surface area (Å²) in [4.78, 5) is 6.92. The molecule has 1 fully saturated rings. The maximum Gasteiger partial charge on any atom is 0.119 e. The van der Waals surface area contributed by atoms with Crippen LogP contribution in [0.3, 0.4) is 0 Å². The highest BCUT2D eigenvalue weighted by molar-refractivity contribution is 9.10. The van der Waals surface area contributed by atoms with Gasteiger partial charge in [-0.2, -0.15) is 0 Å². The van der Waals surface area contributed by atoms with E-state index in [0.717, 1.165) is 53.3 Å². The number of benzene rings is 3. The molecular weight excluding hydrogens is 428 g/mol. The smallest absolute Gasteiger partial charge is 0.119 e. The maximum absolute atomic E-state index is 5.85. The third-order valence-electron chi connectivity index (χ3n) is 4.79. The molecule has 3 aromatic carbocycles. The molecule has 0 amide bonds. The van der Waals surface area contributed by atoms with Crippen LogP contribution >= 0.6 is 15.9 Å². The number of anilines is 1. The Morgan fingerprint density at radius 1 is 0.897 bits per heavy atom. The van der Waals surface area contributed by atoms with E-state index < -0.39 is 0 Å². The van der Waals surface area contributed by atoms with E-state index in [-0.39, 0.29) is 0 Å². The molecule has 0 saturated carbocycles. The summed E-state index contributed by atoms with van der Waals surface area (Å²) in [6.07, 6.45) is 1.88. The molecule has 0 bridgehead atoms. The first-order valence-corrected chi connectivity index (χ1v) is 10.5. The summed E-state index contributed by atoms with van der Waals surface area (Å²) in [5.74, 6) is 0.847. The van der Waals surface area contributed by atoms with Crippen LogP contribution in [0.4, 0.5) is 11.4 Å². The predicted molar refractivity (Wildman–Crippen MR) is 122 cm³/mol. The first kappa shape index (κ1) is 19.7. The van der Waals surface area contributed by atoms with Gasteiger partial charge < -0.3 is 14.4 Å². The average Bonchev–Trinajstić information content (AvgIpc) is 2.79. The minimum atomic E-state index is 0.552. The summed E-state index contributed by atoms with van der Waals surface area (Å²) in [7, 11) is 0. The van der Waals surface area contributed by atoms with Crippen molar-refractivity contribution in [2.75, 3.05) is 31.2 Å². The lowest BCUT2D eigenvalue weighted by Gasteiger charge is -2.28. The summed E-state index contributed by atoms with van der Waals surface area (Å²) in [6, 6.07) is 24.5. The monoisotopic (exact) mass is 450 g/mol. The van der Waals surface area contributed by atoms with E-state index in [1.165, 1.54) is 5.69 Å². The highest BCUT2D eigenvalue weighted by atomic mass is 79.9. The molecule has 0 spiro atoms. The van der Waals surface area contributed by atoms with Crippen LogP contribution in [0.15, 0.2) is 82.3 Å². The molecule has 0 aromatic heterocycles. The van der Waals surface area contributed by atoms with Gasteiger partial charge in [0.25, 0.3) is 0 Å². The highest BCUT2D eigenvalue weighted by Gasteiger charge is 2.10. The second-order valence-corrected chi connectivity index (χ2v) is 7.77. The SMILES string of the molecule is Brc1ccc(COc2ccc(C=Nc3ccc(N4CCOCC4)cc3)cc2)cc1. The van der Waals surface area contributed by atoms with Gasteiger partial charge in [-0.3, -0.25) is 4.99 Å². The van der Waals surface area contributed by atoms with Crippen LogP contribution in [0.2, 0.25) is 0 Å². The number of hydrogen-bond acceptors (Lipinski definition) is 4. The number of hydrogen-bond donors (Lipinski definition) is 0. The van der Waals surface area contributed by atoms with Crippen LogP contribution in [0.1, 0.15) is 11.1 Å². The van der Waals surface area contributed by atoms with Crippen molar-refractivity contribution >= 4 is 33.5 Å². The van der Waals surface area contributed by atoms with E-state index >= 15 is 0 Å². The van der Waals surface area contributed by atoms with E-state index in [2.05, 4.69) is 62.2 Å². The van der Waals surface area contributed by atoms with E-state index in [1.807, 2.05) is 42.6 Å². The van der Waals surface area contributed by atoms with Gasteiger partial charge >= 0.3 is 0 Å². The summed E-state index contributed by atoms with van der Waals surface area (Å²) in [6.45, 7) is 4.03. The van der Waals surface area contributed by atoms with Crippen LogP contribution in [0.25, 0.3) is 0 Å². The average molecular weight is 451 g/mol. The largest absolute Gasteiger partial charge is 0.489 e. The van der Waals surface area contributed by atoms with Gasteiger partial charge in [-0.1, -0.05) is 28.1 Å². The number of rotatable bonds is 6. The molecule has 1 aliphatic rings. The molecule has 3 aromatic rings. The zero-order valence-electron chi connectivity index (χ0n) is 16.1. The molecule has 1 saturated heterocycles. The number of nitrogens with zero attached hydrogens (tertiary/aromatic N) is 2. The van der Waals surface area contributed by atoms with Gasteiger partial charge in [0.05, 0.1) is 18.9 Å². The summed E-state index contributed by atoms with van der Waals surface area (Å²) in [5.41, 5.74) is 4.34. The van der Waals surface area contributed by atoms with Gasteiger partial charge in [-0.15, -0.1) is 0 Å². The van der Waals surface area contributed by atoms with E-state index in [1.54, 1.807) is 0 Å². The van der Waals surface area contributed by atoms with Crippen LogP contribution in [-0.4, -0.2) is 32.5 Å². The van der Waals surface area contributed by atoms with Crippen LogP contribution < -0.4 is 9.64 Å². The lowest BCUT2D eigenvalue weighted by atomic mass is 10.2. The fraction of sp³-hybridized carbons (Fsp3) is 0.208. The molecule has 0 N–H and O–H groups in total. The Morgan fingerprint density at radius 3 is 2.28 bits per heavy atom. The number of aliphatic imine (C=N–C) groups is 1. The van der Waals surface area contributed by atoms with Crippen molar-refractivity contribution in [3.8, 4) is 5.75 Å². The van der Waals surface area contributed by atoms with Crippen molar-refractivity contribution in [3.05, 3.63) is 88.4 Å². The molecule has 4 rings (SSSR count). The van der Waals surface area contributed by atoms with Crippen molar-refractivity contribution < 1.29 is 9.47 Å². The van der Waals surface area contributed by atoms with Gasteiger partial charge in [-0.05, 0) is 71.8 Å². The zero-order valence-corrected chi connectivity index (χ0v) is 17.7. The lowest BCUT2D eigenvalue weighted by molar-refractivity contribution is 0.122. The number of ether oxygens (including phenoxy) is 2. The summed E-state index contributed by atoms with van der Waals surface area (Å²) in [5, 5.41) is 0.